The fraction of sp³-hybridized carbons (Fsp3) is 0.235. The van der Waals surface area contributed by atoms with Gasteiger partial charge in [0.15, 0.2) is 0 Å². The molecule has 0 aromatic heterocycles. The van der Waals surface area contributed by atoms with E-state index >= 15 is 0 Å². The molecule has 0 fully saturated rings. The van der Waals surface area contributed by atoms with Gasteiger partial charge in [0.1, 0.15) is 0 Å². The van der Waals surface area contributed by atoms with Crippen LogP contribution in [0, 0.1) is 0 Å². The lowest BCUT2D eigenvalue weighted by Crippen LogP contribution is -2.34. The van der Waals surface area contributed by atoms with Gasteiger partial charge < -0.3 is 4.84 Å². The van der Waals surface area contributed by atoms with Crippen LogP contribution in [0.4, 0.5) is 5.69 Å². The maximum absolute atomic E-state index is 12.3. The Morgan fingerprint density at radius 2 is 1.65 bits per heavy atom. The van der Waals surface area contributed by atoms with Gasteiger partial charge in [-0.25, -0.2) is 9.86 Å². The number of hydrogen-bond donors (Lipinski definition) is 0. The first kappa shape index (κ1) is 17.9. The molecule has 2 rings (SSSR count). The SMILES string of the molecule is CC(C)N(OC(=O)Cc1cc(Cl)c(Cl)cc1Cl)c1ccccc1. The molecule has 0 heterocycles. The Morgan fingerprint density at radius 1 is 1.04 bits per heavy atom. The summed E-state index contributed by atoms with van der Waals surface area (Å²) in [5, 5.41) is 2.64. The summed E-state index contributed by atoms with van der Waals surface area (Å²) in [7, 11) is 0. The third-order valence-corrected chi connectivity index (χ3v) is 4.18. The van der Waals surface area contributed by atoms with Crippen LogP contribution in [0.15, 0.2) is 42.5 Å². The normalized spacial score (nSPS) is 10.7. The molecule has 0 bridgehead atoms. The second-order valence-electron chi connectivity index (χ2n) is 5.25. The molecule has 0 atom stereocenters. The van der Waals surface area contributed by atoms with E-state index in [0.717, 1.165) is 5.69 Å². The first-order chi connectivity index (χ1) is 10.9. The highest BCUT2D eigenvalue weighted by Crippen LogP contribution is 2.29. The highest BCUT2D eigenvalue weighted by molar-refractivity contribution is 6.43. The summed E-state index contributed by atoms with van der Waals surface area (Å²) in [6.45, 7) is 3.87. The number of benzene rings is 2. The van der Waals surface area contributed by atoms with Crippen LogP contribution in [-0.4, -0.2) is 12.0 Å². The van der Waals surface area contributed by atoms with Crippen LogP contribution in [0.2, 0.25) is 15.1 Å². The number of halogens is 3. The Kier molecular flexibility index (Phi) is 6.17. The molecule has 0 spiro atoms. The average Bonchev–Trinajstić information content (AvgIpc) is 2.51. The monoisotopic (exact) mass is 371 g/mol. The second kappa shape index (κ2) is 7.91. The first-order valence-electron chi connectivity index (χ1n) is 7.07. The minimum Gasteiger partial charge on any atom is -0.340 e. The van der Waals surface area contributed by atoms with Gasteiger partial charge in [-0.1, -0.05) is 53.0 Å². The van der Waals surface area contributed by atoms with Crippen LogP contribution >= 0.6 is 34.8 Å². The smallest absolute Gasteiger partial charge is 0.336 e. The van der Waals surface area contributed by atoms with Crippen LogP contribution in [0.1, 0.15) is 19.4 Å². The van der Waals surface area contributed by atoms with E-state index in [9.17, 15) is 4.79 Å². The lowest BCUT2D eigenvalue weighted by Gasteiger charge is -2.27. The van der Waals surface area contributed by atoms with Crippen LogP contribution in [0.3, 0.4) is 0 Å². The van der Waals surface area contributed by atoms with Crippen molar-refractivity contribution in [2.24, 2.45) is 0 Å². The van der Waals surface area contributed by atoms with Gasteiger partial charge in [-0.3, -0.25) is 0 Å². The summed E-state index contributed by atoms with van der Waals surface area (Å²) < 4.78 is 0. The van der Waals surface area contributed by atoms with Crippen LogP contribution in [-0.2, 0) is 16.1 Å². The number of carbonyl (C=O) groups is 1. The standard InChI is InChI=1S/C17H16Cl3NO2/c1-11(2)21(13-6-4-3-5-7-13)23-17(22)9-12-8-15(19)16(20)10-14(12)18/h3-8,10-11H,9H2,1-2H3. The van der Waals surface area contributed by atoms with E-state index in [1.165, 1.54) is 6.07 Å². The number of carbonyl (C=O) groups excluding carboxylic acids is 1. The van der Waals surface area contributed by atoms with E-state index in [1.54, 1.807) is 11.1 Å². The lowest BCUT2D eigenvalue weighted by atomic mass is 10.1. The van der Waals surface area contributed by atoms with E-state index < -0.39 is 5.97 Å². The van der Waals surface area contributed by atoms with Crippen molar-refractivity contribution in [3.8, 4) is 0 Å². The van der Waals surface area contributed by atoms with Gasteiger partial charge >= 0.3 is 5.97 Å². The van der Waals surface area contributed by atoms with E-state index in [0.29, 0.717) is 20.6 Å². The predicted molar refractivity (Wildman–Crippen MR) is 95.3 cm³/mol. The molecule has 3 nitrogen and oxygen atoms in total. The molecule has 0 aliphatic carbocycles. The summed E-state index contributed by atoms with van der Waals surface area (Å²) in [5.41, 5.74) is 1.37. The highest BCUT2D eigenvalue weighted by atomic mass is 35.5. The van der Waals surface area contributed by atoms with Crippen LogP contribution < -0.4 is 5.06 Å². The van der Waals surface area contributed by atoms with Gasteiger partial charge in [-0.15, -0.1) is 0 Å². The maximum Gasteiger partial charge on any atom is 0.336 e. The molecule has 6 heteroatoms. The van der Waals surface area contributed by atoms with Crippen molar-refractivity contribution >= 4 is 46.5 Å². The molecule has 2 aromatic carbocycles. The Balaban J connectivity index is 2.13. The molecule has 0 amide bonds. The average molecular weight is 373 g/mol. The van der Waals surface area contributed by atoms with E-state index in [2.05, 4.69) is 0 Å². The molecule has 0 saturated heterocycles. The van der Waals surface area contributed by atoms with E-state index in [1.807, 2.05) is 44.2 Å². The summed E-state index contributed by atoms with van der Waals surface area (Å²) in [4.78, 5) is 17.7. The number of anilines is 1. The largest absolute Gasteiger partial charge is 0.340 e. The van der Waals surface area contributed by atoms with Gasteiger partial charge in [0.05, 0.1) is 28.2 Å². The second-order valence-corrected chi connectivity index (χ2v) is 6.47. The van der Waals surface area contributed by atoms with Crippen molar-refractivity contribution in [1.29, 1.82) is 0 Å². The zero-order valence-electron chi connectivity index (χ0n) is 12.7. The van der Waals surface area contributed by atoms with Crippen molar-refractivity contribution in [3.05, 3.63) is 63.1 Å². The Morgan fingerprint density at radius 3 is 2.26 bits per heavy atom. The van der Waals surface area contributed by atoms with Gasteiger partial charge in [-0.2, -0.15) is 0 Å². The quantitative estimate of drug-likeness (QED) is 0.508. The topological polar surface area (TPSA) is 29.5 Å². The number of nitrogens with zero attached hydrogens (tertiary/aromatic N) is 1. The fourth-order valence-corrected chi connectivity index (χ4v) is 2.66. The van der Waals surface area contributed by atoms with E-state index in [4.69, 9.17) is 39.6 Å². The molecular weight excluding hydrogens is 357 g/mol. The van der Waals surface area contributed by atoms with E-state index in [-0.39, 0.29) is 12.5 Å². The molecule has 0 aliphatic rings. The minimum atomic E-state index is -0.428. The molecule has 0 N–H and O–H groups in total. The number of hydroxylamine groups is 1. The predicted octanol–water partition coefficient (Wildman–Crippen LogP) is 5.56. The fourth-order valence-electron chi connectivity index (χ4n) is 2.03. The van der Waals surface area contributed by atoms with Gasteiger partial charge in [0.2, 0.25) is 0 Å². The summed E-state index contributed by atoms with van der Waals surface area (Å²) in [6.07, 6.45) is 0.00573. The number of para-hydroxylation sites is 1. The van der Waals surface area contributed by atoms with Crippen molar-refractivity contribution < 1.29 is 9.63 Å². The third kappa shape index (κ3) is 4.77. The molecule has 0 radical (unpaired) electrons. The molecule has 0 unspecified atom stereocenters. The molecule has 0 saturated carbocycles. The Labute approximate surface area is 150 Å². The van der Waals surface area contributed by atoms with Crippen molar-refractivity contribution in [2.75, 3.05) is 5.06 Å². The lowest BCUT2D eigenvalue weighted by molar-refractivity contribution is -0.145. The van der Waals surface area contributed by atoms with Gasteiger partial charge in [0, 0.05) is 5.02 Å². The Hall–Kier alpha value is -1.42. The van der Waals surface area contributed by atoms with Crippen molar-refractivity contribution in [1.82, 2.24) is 0 Å². The van der Waals surface area contributed by atoms with Crippen LogP contribution in [0.25, 0.3) is 0 Å². The molecule has 2 aromatic rings. The van der Waals surface area contributed by atoms with Crippen molar-refractivity contribution in [2.45, 2.75) is 26.3 Å². The zero-order valence-corrected chi connectivity index (χ0v) is 15.0. The van der Waals surface area contributed by atoms with Crippen molar-refractivity contribution in [3.63, 3.8) is 0 Å². The highest BCUT2D eigenvalue weighted by Gasteiger charge is 2.18. The number of hydrogen-bond acceptors (Lipinski definition) is 3. The zero-order chi connectivity index (χ0) is 17.0. The number of rotatable bonds is 5. The van der Waals surface area contributed by atoms with Crippen LogP contribution in [0.5, 0.6) is 0 Å². The maximum atomic E-state index is 12.3. The molecule has 23 heavy (non-hydrogen) atoms. The summed E-state index contributed by atoms with van der Waals surface area (Å²) in [6, 6.07) is 12.5. The van der Waals surface area contributed by atoms with Gasteiger partial charge in [0.25, 0.3) is 0 Å². The first-order valence-corrected chi connectivity index (χ1v) is 8.20. The van der Waals surface area contributed by atoms with Gasteiger partial charge in [-0.05, 0) is 43.7 Å². The summed E-state index contributed by atoms with van der Waals surface area (Å²) >= 11 is 18.0. The Bertz CT molecular complexity index is 690. The molecule has 122 valence electrons. The summed E-state index contributed by atoms with van der Waals surface area (Å²) in [5.74, 6) is -0.428. The molecular formula is C17H16Cl3NO2. The minimum absolute atomic E-state index is 0.00573. The molecule has 0 aliphatic heterocycles. The third-order valence-electron chi connectivity index (χ3n) is 3.10.